The third kappa shape index (κ3) is 7.03. The first-order chi connectivity index (χ1) is 12.0. The fraction of sp³-hybridized carbons (Fsp3) is 0.737. The lowest BCUT2D eigenvalue weighted by Crippen LogP contribution is -2.50. The van der Waals surface area contributed by atoms with E-state index in [0.717, 1.165) is 19.7 Å². The summed E-state index contributed by atoms with van der Waals surface area (Å²) in [6.45, 7) is 17.2. The first-order valence-electron chi connectivity index (χ1n) is 9.50. The zero-order chi connectivity index (χ0) is 19.4. The molecule has 0 spiro atoms. The van der Waals surface area contributed by atoms with Crippen molar-refractivity contribution < 1.29 is 14.3 Å². The maximum absolute atomic E-state index is 12.1. The average Bonchev–Trinajstić information content (AvgIpc) is 2.98. The Kier molecular flexibility index (Phi) is 6.79. The number of anilines is 1. The highest BCUT2D eigenvalue weighted by Gasteiger charge is 2.26. The van der Waals surface area contributed by atoms with Crippen molar-refractivity contribution in [3.8, 4) is 0 Å². The Hall–Kier alpha value is -1.47. The van der Waals surface area contributed by atoms with Gasteiger partial charge in [0.1, 0.15) is 12.3 Å². The first-order valence-corrected chi connectivity index (χ1v) is 13.2. The van der Waals surface area contributed by atoms with E-state index in [4.69, 9.17) is 9.47 Å². The Balaban J connectivity index is 1.76. The van der Waals surface area contributed by atoms with Crippen LogP contribution in [-0.4, -0.2) is 62.0 Å². The quantitative estimate of drug-likeness (QED) is 0.554. The number of carbonyl (C=O) groups excluding carboxylic acids is 1. The van der Waals surface area contributed by atoms with Gasteiger partial charge in [-0.1, -0.05) is 19.6 Å². The van der Waals surface area contributed by atoms with Crippen LogP contribution >= 0.6 is 0 Å². The highest BCUT2D eigenvalue weighted by atomic mass is 28.3. The molecule has 0 unspecified atom stereocenters. The van der Waals surface area contributed by atoms with Crippen molar-refractivity contribution in [2.75, 3.05) is 37.7 Å². The van der Waals surface area contributed by atoms with Crippen LogP contribution < -0.4 is 4.90 Å². The second-order valence-electron chi connectivity index (χ2n) is 9.19. The van der Waals surface area contributed by atoms with E-state index in [0.29, 0.717) is 19.8 Å². The zero-order valence-corrected chi connectivity index (χ0v) is 18.2. The monoisotopic (exact) mass is 381 g/mol. The fourth-order valence-electron chi connectivity index (χ4n) is 2.72. The second-order valence-corrected chi connectivity index (χ2v) is 14.8. The molecule has 7 heteroatoms. The lowest BCUT2D eigenvalue weighted by molar-refractivity contribution is 0.0240. The summed E-state index contributed by atoms with van der Waals surface area (Å²) >= 11 is 0. The van der Waals surface area contributed by atoms with Crippen LogP contribution in [-0.2, 0) is 16.2 Å². The van der Waals surface area contributed by atoms with Crippen LogP contribution in [0.25, 0.3) is 0 Å². The Bertz CT molecular complexity index is 582. The van der Waals surface area contributed by atoms with Crippen molar-refractivity contribution in [2.45, 2.75) is 58.8 Å². The molecule has 0 N–H and O–H groups in total. The highest BCUT2D eigenvalue weighted by molar-refractivity contribution is 6.76. The molecular weight excluding hydrogens is 346 g/mol. The van der Waals surface area contributed by atoms with Gasteiger partial charge < -0.3 is 23.8 Å². The highest BCUT2D eigenvalue weighted by Crippen LogP contribution is 2.19. The van der Waals surface area contributed by atoms with E-state index in [1.165, 1.54) is 11.7 Å². The van der Waals surface area contributed by atoms with Gasteiger partial charge in [0.2, 0.25) is 0 Å². The molecule has 0 aromatic carbocycles. The number of hydrogen-bond donors (Lipinski definition) is 0. The lowest BCUT2D eigenvalue weighted by Gasteiger charge is -2.36. The molecule has 148 valence electrons. The predicted octanol–water partition coefficient (Wildman–Crippen LogP) is 3.86. The van der Waals surface area contributed by atoms with Gasteiger partial charge in [-0.05, 0) is 32.9 Å². The van der Waals surface area contributed by atoms with Crippen molar-refractivity contribution in [1.29, 1.82) is 0 Å². The normalized spacial score (nSPS) is 16.1. The molecule has 1 fully saturated rings. The molecule has 1 saturated heterocycles. The molecule has 0 atom stereocenters. The van der Waals surface area contributed by atoms with Gasteiger partial charge in [0.15, 0.2) is 0 Å². The molecular formula is C19H35N3O3Si. The largest absolute Gasteiger partial charge is 0.444 e. The number of hydrogen-bond acceptors (Lipinski definition) is 4. The summed E-state index contributed by atoms with van der Waals surface area (Å²) in [6.07, 6.45) is 3.97. The number of carbonyl (C=O) groups is 1. The lowest BCUT2D eigenvalue weighted by atomic mass is 10.2. The van der Waals surface area contributed by atoms with Gasteiger partial charge >= 0.3 is 6.09 Å². The van der Waals surface area contributed by atoms with Gasteiger partial charge in [-0.25, -0.2) is 4.79 Å². The van der Waals surface area contributed by atoms with Crippen molar-refractivity contribution in [2.24, 2.45) is 0 Å². The van der Waals surface area contributed by atoms with Gasteiger partial charge in [-0.3, -0.25) is 0 Å². The number of rotatable bonds is 6. The van der Waals surface area contributed by atoms with Crippen LogP contribution in [0.4, 0.5) is 10.5 Å². The van der Waals surface area contributed by atoms with E-state index in [1.807, 2.05) is 20.8 Å². The summed E-state index contributed by atoms with van der Waals surface area (Å²) in [5.41, 5.74) is 0.739. The summed E-state index contributed by atoms with van der Waals surface area (Å²) in [5, 5.41) is 0. The Labute approximate surface area is 159 Å². The smallest absolute Gasteiger partial charge is 0.410 e. The van der Waals surface area contributed by atoms with Crippen molar-refractivity contribution >= 4 is 19.9 Å². The minimum absolute atomic E-state index is 0.217. The van der Waals surface area contributed by atoms with Gasteiger partial charge in [-0.2, -0.15) is 0 Å². The number of nitrogens with zero attached hydrogens (tertiary/aromatic N) is 3. The van der Waals surface area contributed by atoms with E-state index in [9.17, 15) is 4.79 Å². The van der Waals surface area contributed by atoms with Crippen LogP contribution in [0.5, 0.6) is 0 Å². The molecule has 6 nitrogen and oxygen atoms in total. The van der Waals surface area contributed by atoms with Crippen LogP contribution in [0, 0.1) is 0 Å². The maximum atomic E-state index is 12.1. The van der Waals surface area contributed by atoms with Gasteiger partial charge in [0, 0.05) is 53.3 Å². The summed E-state index contributed by atoms with van der Waals surface area (Å²) < 4.78 is 13.3. The maximum Gasteiger partial charge on any atom is 0.410 e. The van der Waals surface area contributed by atoms with E-state index < -0.39 is 13.7 Å². The SMILES string of the molecule is CC(C)(C)OC(=O)N1CCN(c2ccn(COCC[Si](C)(C)C)c2)CC1. The van der Waals surface area contributed by atoms with E-state index in [1.54, 1.807) is 4.90 Å². The van der Waals surface area contributed by atoms with Crippen molar-refractivity contribution in [3.63, 3.8) is 0 Å². The topological polar surface area (TPSA) is 46.9 Å². The number of amides is 1. The molecule has 2 rings (SSSR count). The van der Waals surface area contributed by atoms with Crippen LogP contribution in [0.2, 0.25) is 25.7 Å². The zero-order valence-electron chi connectivity index (χ0n) is 17.2. The third-order valence-corrected chi connectivity index (χ3v) is 5.97. The standard InChI is InChI=1S/C19H35N3O3Si/c1-19(2,3)25-18(23)22-11-9-21(10-12-22)17-7-8-20(15-17)16-24-13-14-26(4,5)6/h7-8,15H,9-14,16H2,1-6H3. The van der Waals surface area contributed by atoms with Crippen molar-refractivity contribution in [3.05, 3.63) is 18.5 Å². The number of aromatic nitrogens is 1. The summed E-state index contributed by atoms with van der Waals surface area (Å²) in [7, 11) is -1.03. The second kappa shape index (κ2) is 8.48. The predicted molar refractivity (Wildman–Crippen MR) is 109 cm³/mol. The molecule has 1 aliphatic rings. The van der Waals surface area contributed by atoms with Gasteiger partial charge in [-0.15, -0.1) is 0 Å². The average molecular weight is 382 g/mol. The van der Waals surface area contributed by atoms with E-state index in [2.05, 4.69) is 47.6 Å². The van der Waals surface area contributed by atoms with Crippen molar-refractivity contribution in [1.82, 2.24) is 9.47 Å². The summed E-state index contributed by atoms with van der Waals surface area (Å²) in [6, 6.07) is 3.30. The molecule has 26 heavy (non-hydrogen) atoms. The van der Waals surface area contributed by atoms with Crippen LogP contribution in [0.1, 0.15) is 20.8 Å². The molecule has 1 aliphatic heterocycles. The molecule has 1 aromatic rings. The summed E-state index contributed by atoms with van der Waals surface area (Å²) in [5.74, 6) is 0. The molecule has 0 radical (unpaired) electrons. The molecule has 0 bridgehead atoms. The first kappa shape index (κ1) is 20.8. The van der Waals surface area contributed by atoms with E-state index in [-0.39, 0.29) is 6.09 Å². The minimum Gasteiger partial charge on any atom is -0.444 e. The van der Waals surface area contributed by atoms with Gasteiger partial charge in [0.25, 0.3) is 0 Å². The van der Waals surface area contributed by atoms with Crippen LogP contribution in [0.15, 0.2) is 18.5 Å². The minimum atomic E-state index is -1.03. The Morgan fingerprint density at radius 1 is 1.15 bits per heavy atom. The van der Waals surface area contributed by atoms with Gasteiger partial charge in [0.05, 0.1) is 5.69 Å². The number of piperazine rings is 1. The molecule has 1 aromatic heterocycles. The molecule has 2 heterocycles. The molecule has 0 aliphatic carbocycles. The number of ether oxygens (including phenoxy) is 2. The Morgan fingerprint density at radius 2 is 1.81 bits per heavy atom. The fourth-order valence-corrected chi connectivity index (χ4v) is 3.47. The molecule has 1 amide bonds. The van der Waals surface area contributed by atoms with E-state index >= 15 is 0 Å². The summed E-state index contributed by atoms with van der Waals surface area (Å²) in [4.78, 5) is 16.2. The molecule has 0 saturated carbocycles. The third-order valence-electron chi connectivity index (χ3n) is 4.27. The van der Waals surface area contributed by atoms with Crippen LogP contribution in [0.3, 0.4) is 0 Å². The Morgan fingerprint density at radius 3 is 2.38 bits per heavy atom.